The van der Waals surface area contributed by atoms with E-state index in [1.165, 1.54) is 4.88 Å². The number of benzene rings is 2. The van der Waals surface area contributed by atoms with Crippen LogP contribution < -0.4 is 10.6 Å². The minimum atomic E-state index is -0.399. The highest BCUT2D eigenvalue weighted by Crippen LogP contribution is 2.24. The van der Waals surface area contributed by atoms with Crippen LogP contribution in [0.2, 0.25) is 0 Å². The lowest BCUT2D eigenvalue weighted by Gasteiger charge is -2.18. The number of hydrogen-bond acceptors (Lipinski definition) is 3. The average molecular weight is 367 g/mol. The molecule has 0 aliphatic rings. The first-order chi connectivity index (χ1) is 12.2. The zero-order chi connectivity index (χ0) is 17.5. The Balaban J connectivity index is 1.72. The highest BCUT2D eigenvalue weighted by Gasteiger charge is 2.23. The van der Waals surface area contributed by atoms with Crippen molar-refractivity contribution in [3.05, 3.63) is 94.2 Å². The molecule has 126 valence electrons. The van der Waals surface area contributed by atoms with Crippen LogP contribution in [-0.2, 0) is 11.3 Å². The molecule has 25 heavy (non-hydrogen) atoms. The topological polar surface area (TPSA) is 41.1 Å². The number of amides is 1. The van der Waals surface area contributed by atoms with Gasteiger partial charge < -0.3 is 10.6 Å². The van der Waals surface area contributed by atoms with Gasteiger partial charge in [0.15, 0.2) is 5.11 Å². The fraction of sp³-hybridized carbons (Fsp3) is 0.100. The molecule has 0 aliphatic heterocycles. The van der Waals surface area contributed by atoms with Crippen molar-refractivity contribution < 1.29 is 4.79 Å². The third kappa shape index (κ3) is 4.75. The summed E-state index contributed by atoms with van der Waals surface area (Å²) in [4.78, 5) is 14.0. The van der Waals surface area contributed by atoms with E-state index < -0.39 is 5.92 Å². The summed E-state index contributed by atoms with van der Waals surface area (Å²) < 4.78 is 0. The van der Waals surface area contributed by atoms with Crippen molar-refractivity contribution in [3.8, 4) is 0 Å². The summed E-state index contributed by atoms with van der Waals surface area (Å²) in [7, 11) is 0. The molecule has 0 unspecified atom stereocenters. The monoisotopic (exact) mass is 366 g/mol. The quantitative estimate of drug-likeness (QED) is 0.669. The second-order valence-electron chi connectivity index (χ2n) is 5.51. The lowest BCUT2D eigenvalue weighted by Crippen LogP contribution is -2.41. The van der Waals surface area contributed by atoms with Crippen molar-refractivity contribution in [3.63, 3.8) is 0 Å². The third-order valence-electron chi connectivity index (χ3n) is 3.77. The van der Waals surface area contributed by atoms with Crippen LogP contribution in [0.1, 0.15) is 21.9 Å². The van der Waals surface area contributed by atoms with Crippen LogP contribution in [0.15, 0.2) is 78.2 Å². The molecule has 1 heterocycles. The van der Waals surface area contributed by atoms with E-state index in [9.17, 15) is 4.79 Å². The van der Waals surface area contributed by atoms with Gasteiger partial charge in [0.1, 0.15) is 0 Å². The van der Waals surface area contributed by atoms with Gasteiger partial charge in [0.25, 0.3) is 0 Å². The predicted octanol–water partition coefficient (Wildman–Crippen LogP) is 4.07. The molecule has 0 aliphatic carbocycles. The van der Waals surface area contributed by atoms with Gasteiger partial charge in [-0.1, -0.05) is 66.7 Å². The maximum atomic E-state index is 12.9. The molecule has 0 bridgehead atoms. The molecule has 2 aromatic carbocycles. The molecule has 3 aromatic rings. The minimum Gasteiger partial charge on any atom is -0.357 e. The summed E-state index contributed by atoms with van der Waals surface area (Å²) in [6.07, 6.45) is 0. The van der Waals surface area contributed by atoms with E-state index in [4.69, 9.17) is 12.2 Å². The molecular weight excluding hydrogens is 348 g/mol. The Morgan fingerprint density at radius 1 is 0.920 bits per heavy atom. The first kappa shape index (κ1) is 17.3. The van der Waals surface area contributed by atoms with Gasteiger partial charge in [-0.2, -0.15) is 0 Å². The molecule has 0 fully saturated rings. The maximum Gasteiger partial charge on any atom is 0.238 e. The van der Waals surface area contributed by atoms with Gasteiger partial charge in [0.2, 0.25) is 5.91 Å². The molecule has 0 saturated heterocycles. The Kier molecular flexibility index (Phi) is 5.93. The maximum absolute atomic E-state index is 12.9. The van der Waals surface area contributed by atoms with E-state index in [-0.39, 0.29) is 5.91 Å². The van der Waals surface area contributed by atoms with E-state index in [2.05, 4.69) is 10.6 Å². The molecule has 1 aromatic heterocycles. The van der Waals surface area contributed by atoms with Gasteiger partial charge in [0.05, 0.1) is 12.5 Å². The van der Waals surface area contributed by atoms with E-state index in [1.807, 2.05) is 78.2 Å². The third-order valence-corrected chi connectivity index (χ3v) is 4.89. The molecule has 2 N–H and O–H groups in total. The van der Waals surface area contributed by atoms with Crippen molar-refractivity contribution in [2.45, 2.75) is 12.5 Å². The van der Waals surface area contributed by atoms with Gasteiger partial charge in [-0.3, -0.25) is 4.79 Å². The van der Waals surface area contributed by atoms with Crippen molar-refractivity contribution >= 4 is 34.6 Å². The van der Waals surface area contributed by atoms with Crippen molar-refractivity contribution in [2.24, 2.45) is 0 Å². The number of rotatable bonds is 5. The molecule has 0 saturated carbocycles. The van der Waals surface area contributed by atoms with Crippen LogP contribution in [0.3, 0.4) is 0 Å². The van der Waals surface area contributed by atoms with Crippen LogP contribution in [0.5, 0.6) is 0 Å². The van der Waals surface area contributed by atoms with Gasteiger partial charge >= 0.3 is 0 Å². The molecule has 3 rings (SSSR count). The van der Waals surface area contributed by atoms with Gasteiger partial charge in [-0.15, -0.1) is 11.3 Å². The van der Waals surface area contributed by atoms with Crippen LogP contribution in [0.25, 0.3) is 0 Å². The molecule has 3 nitrogen and oxygen atoms in total. The summed E-state index contributed by atoms with van der Waals surface area (Å²) in [6.45, 7) is 0.609. The van der Waals surface area contributed by atoms with E-state index in [0.29, 0.717) is 11.7 Å². The summed E-state index contributed by atoms with van der Waals surface area (Å²) in [5.74, 6) is -0.537. The first-order valence-corrected chi connectivity index (χ1v) is 9.24. The van der Waals surface area contributed by atoms with Crippen molar-refractivity contribution in [1.29, 1.82) is 0 Å². The van der Waals surface area contributed by atoms with Crippen LogP contribution >= 0.6 is 23.6 Å². The van der Waals surface area contributed by atoms with Gasteiger partial charge in [-0.05, 0) is 34.8 Å². The van der Waals surface area contributed by atoms with E-state index in [0.717, 1.165) is 11.1 Å². The zero-order valence-electron chi connectivity index (χ0n) is 13.5. The first-order valence-electron chi connectivity index (χ1n) is 7.95. The fourth-order valence-corrected chi connectivity index (χ4v) is 3.41. The average Bonchev–Trinajstić information content (AvgIpc) is 3.16. The second kappa shape index (κ2) is 8.55. The predicted molar refractivity (Wildman–Crippen MR) is 107 cm³/mol. The van der Waals surface area contributed by atoms with Gasteiger partial charge in [-0.25, -0.2) is 0 Å². The Bertz CT molecular complexity index is 778. The number of carbonyl (C=O) groups excluding carboxylic acids is 1. The zero-order valence-corrected chi connectivity index (χ0v) is 15.1. The minimum absolute atomic E-state index is 0.138. The number of thiocarbonyl (C=S) groups is 1. The highest BCUT2D eigenvalue weighted by molar-refractivity contribution is 7.80. The smallest absolute Gasteiger partial charge is 0.238 e. The summed E-state index contributed by atoms with van der Waals surface area (Å²) in [5, 5.41) is 8.27. The lowest BCUT2D eigenvalue weighted by atomic mass is 9.90. The van der Waals surface area contributed by atoms with Crippen LogP contribution in [-0.4, -0.2) is 11.0 Å². The number of hydrogen-bond donors (Lipinski definition) is 2. The SMILES string of the molecule is O=C(NC(=S)NCc1cccs1)C(c1ccccc1)c1ccccc1. The Labute approximate surface area is 156 Å². The van der Waals surface area contributed by atoms with Crippen LogP contribution in [0.4, 0.5) is 0 Å². The summed E-state index contributed by atoms with van der Waals surface area (Å²) in [5.41, 5.74) is 1.87. The van der Waals surface area contributed by atoms with Crippen LogP contribution in [0, 0.1) is 0 Å². The molecule has 0 spiro atoms. The Morgan fingerprint density at radius 2 is 1.52 bits per heavy atom. The summed E-state index contributed by atoms with van der Waals surface area (Å²) in [6, 6.07) is 23.5. The van der Waals surface area contributed by atoms with Crippen molar-refractivity contribution in [2.75, 3.05) is 0 Å². The molecule has 1 amide bonds. The largest absolute Gasteiger partial charge is 0.357 e. The highest BCUT2D eigenvalue weighted by atomic mass is 32.1. The molecular formula is C20H18N2OS2. The standard InChI is InChI=1S/C20H18N2OS2/c23-19(22-20(24)21-14-17-12-7-13-25-17)18(15-8-3-1-4-9-15)16-10-5-2-6-11-16/h1-13,18H,14H2,(H2,21,22,23,24). The molecule has 0 radical (unpaired) electrons. The number of thiophene rings is 1. The van der Waals surface area contributed by atoms with E-state index in [1.54, 1.807) is 11.3 Å². The molecule has 0 atom stereocenters. The second-order valence-corrected chi connectivity index (χ2v) is 6.95. The van der Waals surface area contributed by atoms with E-state index >= 15 is 0 Å². The lowest BCUT2D eigenvalue weighted by molar-refractivity contribution is -0.120. The number of carbonyl (C=O) groups is 1. The van der Waals surface area contributed by atoms with Gasteiger partial charge in [0, 0.05) is 4.88 Å². The van der Waals surface area contributed by atoms with Crippen molar-refractivity contribution in [1.82, 2.24) is 10.6 Å². The molecule has 5 heteroatoms. The fourth-order valence-electron chi connectivity index (χ4n) is 2.59. The summed E-state index contributed by atoms with van der Waals surface area (Å²) >= 11 is 6.93. The normalized spacial score (nSPS) is 10.4. The Hall–Kier alpha value is -2.50. The Morgan fingerprint density at radius 3 is 2.04 bits per heavy atom. The number of nitrogens with one attached hydrogen (secondary N) is 2.